The van der Waals surface area contributed by atoms with Crippen LogP contribution in [0.25, 0.3) is 0 Å². The molecule has 108 valence electrons. The van der Waals surface area contributed by atoms with Crippen LogP contribution in [0.1, 0.15) is 32.6 Å². The van der Waals surface area contributed by atoms with E-state index in [0.29, 0.717) is 12.4 Å². The second-order valence-corrected chi connectivity index (χ2v) is 6.29. The summed E-state index contributed by atoms with van der Waals surface area (Å²) in [4.78, 5) is 17.9. The number of aromatic nitrogens is 1. The Hall–Kier alpha value is -1.62. The number of pyridine rings is 1. The molecule has 2 heterocycles. The summed E-state index contributed by atoms with van der Waals surface area (Å²) >= 11 is 0. The first-order chi connectivity index (χ1) is 9.56. The van der Waals surface area contributed by atoms with Crippen LogP contribution < -0.4 is 4.90 Å². The topological polar surface area (TPSA) is 62.7 Å². The minimum atomic E-state index is -0.400. The van der Waals surface area contributed by atoms with Crippen molar-refractivity contribution in [2.75, 3.05) is 18.1 Å². The monoisotopic (exact) mass is 276 g/mol. The van der Waals surface area contributed by atoms with E-state index in [2.05, 4.69) is 11.9 Å². The second-order valence-electron chi connectivity index (χ2n) is 6.29. The normalized spacial score (nSPS) is 33.5. The molecule has 1 amide bonds. The van der Waals surface area contributed by atoms with Gasteiger partial charge in [0.15, 0.2) is 0 Å². The highest BCUT2D eigenvalue weighted by atomic mass is 16.6. The fourth-order valence-corrected chi connectivity index (χ4v) is 3.04. The minimum absolute atomic E-state index is 0.0317. The molecular weight excluding hydrogens is 256 g/mol. The van der Waals surface area contributed by atoms with Gasteiger partial charge >= 0.3 is 6.09 Å². The first-order valence-electron chi connectivity index (χ1n) is 7.08. The molecule has 0 atom stereocenters. The third-order valence-electron chi connectivity index (χ3n) is 4.65. The number of anilines is 1. The maximum absolute atomic E-state index is 12.1. The summed E-state index contributed by atoms with van der Waals surface area (Å²) in [6.45, 7) is 2.85. The molecule has 20 heavy (non-hydrogen) atoms. The van der Waals surface area contributed by atoms with Crippen LogP contribution in [0, 0.1) is 5.41 Å². The van der Waals surface area contributed by atoms with E-state index in [4.69, 9.17) is 4.74 Å². The lowest BCUT2D eigenvalue weighted by atomic mass is 9.70. The fraction of sp³-hybridized carbons (Fsp3) is 0.600. The van der Waals surface area contributed by atoms with Crippen molar-refractivity contribution in [1.29, 1.82) is 0 Å². The van der Waals surface area contributed by atoms with Crippen LogP contribution in [0.15, 0.2) is 24.4 Å². The van der Waals surface area contributed by atoms with E-state index in [0.717, 1.165) is 25.7 Å². The molecule has 2 aliphatic rings. The molecule has 5 nitrogen and oxygen atoms in total. The predicted molar refractivity (Wildman–Crippen MR) is 74.5 cm³/mol. The summed E-state index contributed by atoms with van der Waals surface area (Å²) in [6, 6.07) is 5.51. The SMILES string of the molecule is CC1(CO)CCC2(CC1)CN(c1ccccn1)C(=O)O2. The Labute approximate surface area is 118 Å². The van der Waals surface area contributed by atoms with Crippen LogP contribution in [0.2, 0.25) is 0 Å². The van der Waals surface area contributed by atoms with E-state index in [1.54, 1.807) is 11.1 Å². The van der Waals surface area contributed by atoms with Crippen LogP contribution >= 0.6 is 0 Å². The molecule has 5 heteroatoms. The number of nitrogens with zero attached hydrogens (tertiary/aromatic N) is 2. The standard InChI is InChI=1S/C15H20N2O3/c1-14(11-18)5-7-15(8-6-14)10-17(13(19)20-15)12-4-2-3-9-16-12/h2-4,9,18H,5-8,10-11H2,1H3. The molecule has 0 aromatic carbocycles. The molecule has 3 rings (SSSR count). The van der Waals surface area contributed by atoms with Gasteiger partial charge in [0.25, 0.3) is 0 Å². The van der Waals surface area contributed by atoms with E-state index >= 15 is 0 Å². The van der Waals surface area contributed by atoms with Crippen LogP contribution in [0.5, 0.6) is 0 Å². The molecule has 0 bridgehead atoms. The lowest BCUT2D eigenvalue weighted by Gasteiger charge is -2.40. The molecule has 1 saturated heterocycles. The van der Waals surface area contributed by atoms with Gasteiger partial charge in [0.2, 0.25) is 0 Å². The molecule has 1 spiro atoms. The lowest BCUT2D eigenvalue weighted by Crippen LogP contribution is -2.42. The highest BCUT2D eigenvalue weighted by molar-refractivity contribution is 5.89. The Bertz CT molecular complexity index is 495. The fourth-order valence-electron chi connectivity index (χ4n) is 3.04. The second kappa shape index (κ2) is 4.74. The largest absolute Gasteiger partial charge is 0.441 e. The van der Waals surface area contributed by atoms with Gasteiger partial charge in [-0.25, -0.2) is 9.78 Å². The van der Waals surface area contributed by atoms with Crippen LogP contribution in [0.3, 0.4) is 0 Å². The Balaban J connectivity index is 1.75. The average molecular weight is 276 g/mol. The number of hydrogen-bond acceptors (Lipinski definition) is 4. The van der Waals surface area contributed by atoms with E-state index in [-0.39, 0.29) is 18.1 Å². The van der Waals surface area contributed by atoms with Crippen molar-refractivity contribution < 1.29 is 14.6 Å². The highest BCUT2D eigenvalue weighted by Gasteiger charge is 2.50. The molecular formula is C15H20N2O3. The summed E-state index contributed by atoms with van der Waals surface area (Å²) in [5, 5.41) is 9.44. The number of ether oxygens (including phenoxy) is 1. The van der Waals surface area contributed by atoms with Crippen molar-refractivity contribution in [3.8, 4) is 0 Å². The van der Waals surface area contributed by atoms with Crippen molar-refractivity contribution in [1.82, 2.24) is 4.98 Å². The quantitative estimate of drug-likeness (QED) is 0.900. The third-order valence-corrected chi connectivity index (χ3v) is 4.65. The summed E-state index contributed by atoms with van der Waals surface area (Å²) in [6.07, 6.45) is 4.74. The lowest BCUT2D eigenvalue weighted by molar-refractivity contribution is -0.0231. The van der Waals surface area contributed by atoms with Crippen molar-refractivity contribution in [3.63, 3.8) is 0 Å². The Kier molecular flexibility index (Phi) is 3.17. The Morgan fingerprint density at radius 2 is 2.10 bits per heavy atom. The molecule has 0 radical (unpaired) electrons. The van der Waals surface area contributed by atoms with Crippen LogP contribution in [-0.4, -0.2) is 34.9 Å². The maximum Gasteiger partial charge on any atom is 0.416 e. The molecule has 0 unspecified atom stereocenters. The third kappa shape index (κ3) is 2.26. The van der Waals surface area contributed by atoms with Crippen LogP contribution in [0.4, 0.5) is 10.6 Å². The number of aliphatic hydroxyl groups excluding tert-OH is 1. The highest BCUT2D eigenvalue weighted by Crippen LogP contribution is 2.45. The zero-order valence-corrected chi connectivity index (χ0v) is 11.7. The van der Waals surface area contributed by atoms with Crippen molar-refractivity contribution in [2.24, 2.45) is 5.41 Å². The van der Waals surface area contributed by atoms with Gasteiger partial charge in [0.05, 0.1) is 6.54 Å². The van der Waals surface area contributed by atoms with E-state index in [1.807, 2.05) is 18.2 Å². The number of carbonyl (C=O) groups is 1. The molecule has 1 aromatic heterocycles. The van der Waals surface area contributed by atoms with Crippen molar-refractivity contribution in [2.45, 2.75) is 38.2 Å². The van der Waals surface area contributed by atoms with Gasteiger partial charge in [-0.2, -0.15) is 0 Å². The molecule has 1 aromatic rings. The molecule has 1 N–H and O–H groups in total. The molecule has 1 aliphatic carbocycles. The van der Waals surface area contributed by atoms with Gasteiger partial charge in [-0.05, 0) is 43.2 Å². The zero-order valence-electron chi connectivity index (χ0n) is 11.7. The number of hydrogen-bond donors (Lipinski definition) is 1. The van der Waals surface area contributed by atoms with Gasteiger partial charge in [-0.3, -0.25) is 4.90 Å². The average Bonchev–Trinajstić information content (AvgIpc) is 2.81. The summed E-state index contributed by atoms with van der Waals surface area (Å²) in [5.41, 5.74) is -0.431. The Morgan fingerprint density at radius 3 is 2.70 bits per heavy atom. The maximum atomic E-state index is 12.1. The van der Waals surface area contributed by atoms with Gasteiger partial charge in [-0.15, -0.1) is 0 Å². The van der Waals surface area contributed by atoms with E-state index < -0.39 is 5.60 Å². The van der Waals surface area contributed by atoms with Gasteiger partial charge in [0, 0.05) is 12.8 Å². The smallest absolute Gasteiger partial charge is 0.416 e. The number of carbonyl (C=O) groups excluding carboxylic acids is 1. The molecule has 1 aliphatic heterocycles. The van der Waals surface area contributed by atoms with Crippen molar-refractivity contribution in [3.05, 3.63) is 24.4 Å². The number of amides is 1. The summed E-state index contributed by atoms with van der Waals surface area (Å²) < 4.78 is 5.66. The van der Waals surface area contributed by atoms with Gasteiger partial charge in [-0.1, -0.05) is 13.0 Å². The number of aliphatic hydroxyl groups is 1. The molecule has 2 fully saturated rings. The minimum Gasteiger partial charge on any atom is -0.441 e. The van der Waals surface area contributed by atoms with E-state index in [1.165, 1.54) is 0 Å². The van der Waals surface area contributed by atoms with E-state index in [9.17, 15) is 9.90 Å². The van der Waals surface area contributed by atoms with Gasteiger partial charge < -0.3 is 9.84 Å². The first-order valence-corrected chi connectivity index (χ1v) is 7.08. The number of rotatable bonds is 2. The summed E-state index contributed by atoms with van der Waals surface area (Å²) in [5.74, 6) is 0.643. The first kappa shape index (κ1) is 13.4. The Morgan fingerprint density at radius 1 is 1.35 bits per heavy atom. The van der Waals surface area contributed by atoms with Crippen molar-refractivity contribution >= 4 is 11.9 Å². The van der Waals surface area contributed by atoms with Gasteiger partial charge in [0.1, 0.15) is 11.4 Å². The zero-order chi connectivity index (χ0) is 14.2. The predicted octanol–water partition coefficient (Wildman–Crippen LogP) is 2.35. The molecule has 1 saturated carbocycles. The van der Waals surface area contributed by atoms with Crippen LogP contribution in [-0.2, 0) is 4.74 Å². The summed E-state index contributed by atoms with van der Waals surface area (Å²) in [7, 11) is 0.